The zero-order valence-corrected chi connectivity index (χ0v) is 12.5. The summed E-state index contributed by atoms with van der Waals surface area (Å²) >= 11 is 6.99. The van der Waals surface area contributed by atoms with E-state index in [4.69, 9.17) is 17.3 Å². The number of carboxylic acid groups (broad SMARTS) is 1. The Balaban J connectivity index is 2.29. The van der Waals surface area contributed by atoms with Crippen molar-refractivity contribution in [3.8, 4) is 0 Å². The topological polar surface area (TPSA) is 105 Å². The molecule has 8 heteroatoms. The zero-order chi connectivity index (χ0) is 15.6. The molecule has 0 aliphatic carbocycles. The predicted octanol–water partition coefficient (Wildman–Crippen LogP) is 2.24. The SMILES string of the molecule is Cc1nc(N)sc1C(=O)N[C@@H](C(=O)O)c1ccccc1Cl. The van der Waals surface area contributed by atoms with Gasteiger partial charge in [-0.25, -0.2) is 9.78 Å². The molecule has 0 aliphatic heterocycles. The minimum atomic E-state index is -1.24. The molecule has 1 atom stereocenters. The van der Waals surface area contributed by atoms with Crippen LogP contribution in [0.3, 0.4) is 0 Å². The molecule has 2 rings (SSSR count). The first-order valence-electron chi connectivity index (χ1n) is 5.91. The Morgan fingerprint density at radius 1 is 1.43 bits per heavy atom. The highest BCUT2D eigenvalue weighted by Crippen LogP contribution is 2.25. The van der Waals surface area contributed by atoms with Crippen molar-refractivity contribution in [2.24, 2.45) is 0 Å². The monoisotopic (exact) mass is 325 g/mol. The van der Waals surface area contributed by atoms with Crippen LogP contribution in [0.2, 0.25) is 5.02 Å². The van der Waals surface area contributed by atoms with Crippen LogP contribution in [-0.4, -0.2) is 22.0 Å². The fraction of sp³-hybridized carbons (Fsp3) is 0.154. The van der Waals surface area contributed by atoms with Crippen molar-refractivity contribution in [1.82, 2.24) is 10.3 Å². The third kappa shape index (κ3) is 3.32. The summed E-state index contributed by atoms with van der Waals surface area (Å²) in [5.74, 6) is -1.75. The van der Waals surface area contributed by atoms with Gasteiger partial charge in [-0.15, -0.1) is 0 Å². The lowest BCUT2D eigenvalue weighted by Crippen LogP contribution is -2.33. The zero-order valence-electron chi connectivity index (χ0n) is 11.0. The Morgan fingerprint density at radius 2 is 2.10 bits per heavy atom. The summed E-state index contributed by atoms with van der Waals surface area (Å²) in [6, 6.07) is 5.21. The van der Waals surface area contributed by atoms with Gasteiger partial charge < -0.3 is 16.2 Å². The number of aromatic nitrogens is 1. The van der Waals surface area contributed by atoms with E-state index >= 15 is 0 Å². The number of nitrogen functional groups attached to an aromatic ring is 1. The van der Waals surface area contributed by atoms with Gasteiger partial charge in [-0.3, -0.25) is 4.79 Å². The molecule has 1 amide bonds. The number of carbonyl (C=O) groups excluding carboxylic acids is 1. The highest BCUT2D eigenvalue weighted by Gasteiger charge is 2.26. The number of halogens is 1. The van der Waals surface area contributed by atoms with Crippen molar-refractivity contribution < 1.29 is 14.7 Å². The van der Waals surface area contributed by atoms with Crippen LogP contribution < -0.4 is 11.1 Å². The second-order valence-electron chi connectivity index (χ2n) is 4.23. The van der Waals surface area contributed by atoms with Gasteiger partial charge in [0.05, 0.1) is 5.69 Å². The highest BCUT2D eigenvalue weighted by atomic mass is 35.5. The Morgan fingerprint density at radius 3 is 2.62 bits per heavy atom. The molecular weight excluding hydrogens is 314 g/mol. The second kappa shape index (κ2) is 6.11. The summed E-state index contributed by atoms with van der Waals surface area (Å²) in [7, 11) is 0. The third-order valence-corrected chi connectivity index (χ3v) is 4.09. The van der Waals surface area contributed by atoms with Gasteiger partial charge in [0.2, 0.25) is 0 Å². The number of nitrogens with zero attached hydrogens (tertiary/aromatic N) is 1. The molecule has 110 valence electrons. The molecule has 0 saturated carbocycles. The number of amides is 1. The minimum Gasteiger partial charge on any atom is -0.479 e. The Bertz CT molecular complexity index is 702. The maximum absolute atomic E-state index is 12.2. The molecule has 0 spiro atoms. The van der Waals surface area contributed by atoms with Crippen molar-refractivity contribution >= 4 is 39.9 Å². The van der Waals surface area contributed by atoms with Crippen molar-refractivity contribution in [3.05, 3.63) is 45.4 Å². The first-order valence-corrected chi connectivity index (χ1v) is 7.10. The van der Waals surface area contributed by atoms with Gasteiger partial charge in [-0.2, -0.15) is 0 Å². The summed E-state index contributed by atoms with van der Waals surface area (Å²) in [6.45, 7) is 1.63. The van der Waals surface area contributed by atoms with Crippen LogP contribution in [0.1, 0.15) is 27.0 Å². The molecule has 21 heavy (non-hydrogen) atoms. The number of nitrogens with two attached hydrogens (primary N) is 1. The molecule has 6 nitrogen and oxygen atoms in total. The van der Waals surface area contributed by atoms with E-state index in [9.17, 15) is 14.7 Å². The molecule has 0 saturated heterocycles. The highest BCUT2D eigenvalue weighted by molar-refractivity contribution is 7.17. The normalized spacial score (nSPS) is 11.9. The Hall–Kier alpha value is -2.12. The van der Waals surface area contributed by atoms with E-state index in [1.54, 1.807) is 31.2 Å². The number of aryl methyl sites for hydroxylation is 1. The molecule has 1 aromatic heterocycles. The summed E-state index contributed by atoms with van der Waals surface area (Å²) in [5.41, 5.74) is 6.30. The number of benzene rings is 1. The average Bonchev–Trinajstić information content (AvgIpc) is 2.75. The van der Waals surface area contributed by atoms with E-state index in [1.807, 2.05) is 0 Å². The first-order chi connectivity index (χ1) is 9.90. The van der Waals surface area contributed by atoms with Crippen molar-refractivity contribution in [2.45, 2.75) is 13.0 Å². The smallest absolute Gasteiger partial charge is 0.330 e. The van der Waals surface area contributed by atoms with Crippen LogP contribution in [0.15, 0.2) is 24.3 Å². The van der Waals surface area contributed by atoms with Crippen molar-refractivity contribution in [2.75, 3.05) is 5.73 Å². The molecule has 2 aromatic rings. The number of nitrogens with one attached hydrogen (secondary N) is 1. The van der Waals surface area contributed by atoms with Crippen LogP contribution >= 0.6 is 22.9 Å². The number of aliphatic carboxylic acids is 1. The summed E-state index contributed by atoms with van der Waals surface area (Å²) in [5, 5.41) is 12.3. The average molecular weight is 326 g/mol. The molecule has 0 radical (unpaired) electrons. The number of carbonyl (C=O) groups is 2. The predicted molar refractivity (Wildman–Crippen MR) is 80.6 cm³/mol. The number of carboxylic acids is 1. The molecule has 1 aromatic carbocycles. The van der Waals surface area contributed by atoms with Gasteiger partial charge in [0, 0.05) is 10.6 Å². The van der Waals surface area contributed by atoms with Crippen LogP contribution in [0.4, 0.5) is 5.13 Å². The summed E-state index contributed by atoms with van der Waals surface area (Å²) in [6.07, 6.45) is 0. The standard InChI is InChI=1S/C13H12ClN3O3S/c1-6-10(21-13(15)16-6)11(18)17-9(12(19)20)7-4-2-3-5-8(7)14/h2-5,9H,1H3,(H2,15,16)(H,17,18)(H,19,20)/t9-/m1/s1. The van der Waals surface area contributed by atoms with Crippen LogP contribution in [0.5, 0.6) is 0 Å². The third-order valence-electron chi connectivity index (χ3n) is 2.76. The molecule has 0 fully saturated rings. The molecule has 1 heterocycles. The maximum Gasteiger partial charge on any atom is 0.330 e. The molecular formula is C13H12ClN3O3S. The maximum atomic E-state index is 12.2. The second-order valence-corrected chi connectivity index (χ2v) is 5.67. The van der Waals surface area contributed by atoms with Gasteiger partial charge in [-0.05, 0) is 13.0 Å². The summed E-state index contributed by atoms with van der Waals surface area (Å²) in [4.78, 5) is 27.8. The number of hydrogen-bond acceptors (Lipinski definition) is 5. The fourth-order valence-corrected chi connectivity index (χ4v) is 2.79. The first kappa shape index (κ1) is 15.3. The van der Waals surface area contributed by atoms with Gasteiger partial charge in [0.1, 0.15) is 4.88 Å². The number of anilines is 1. The lowest BCUT2D eigenvalue weighted by Gasteiger charge is -2.15. The van der Waals surface area contributed by atoms with Crippen molar-refractivity contribution in [1.29, 1.82) is 0 Å². The van der Waals surface area contributed by atoms with Crippen LogP contribution in [0, 0.1) is 6.92 Å². The van der Waals surface area contributed by atoms with E-state index < -0.39 is 17.9 Å². The van der Waals surface area contributed by atoms with Gasteiger partial charge in [-0.1, -0.05) is 41.1 Å². The van der Waals surface area contributed by atoms with E-state index in [-0.39, 0.29) is 15.0 Å². The fourth-order valence-electron chi connectivity index (χ4n) is 1.81. The Labute approximate surface area is 129 Å². The molecule has 0 aliphatic rings. The lowest BCUT2D eigenvalue weighted by molar-refractivity contribution is -0.139. The van der Waals surface area contributed by atoms with Gasteiger partial charge >= 0.3 is 5.97 Å². The lowest BCUT2D eigenvalue weighted by atomic mass is 10.1. The molecule has 0 bridgehead atoms. The number of rotatable bonds is 4. The van der Waals surface area contributed by atoms with Crippen LogP contribution in [-0.2, 0) is 4.79 Å². The number of thiazole rings is 1. The van der Waals surface area contributed by atoms with Crippen molar-refractivity contribution in [3.63, 3.8) is 0 Å². The van der Waals surface area contributed by atoms with E-state index in [1.165, 1.54) is 0 Å². The van der Waals surface area contributed by atoms with E-state index in [2.05, 4.69) is 10.3 Å². The van der Waals surface area contributed by atoms with E-state index in [0.29, 0.717) is 11.3 Å². The van der Waals surface area contributed by atoms with Gasteiger partial charge in [0.25, 0.3) is 5.91 Å². The molecule has 4 N–H and O–H groups in total. The number of hydrogen-bond donors (Lipinski definition) is 3. The van der Waals surface area contributed by atoms with Crippen LogP contribution in [0.25, 0.3) is 0 Å². The Kier molecular flexibility index (Phi) is 4.44. The minimum absolute atomic E-state index is 0.252. The summed E-state index contributed by atoms with van der Waals surface area (Å²) < 4.78 is 0. The molecule has 0 unspecified atom stereocenters. The quantitative estimate of drug-likeness (QED) is 0.799. The largest absolute Gasteiger partial charge is 0.479 e. The van der Waals surface area contributed by atoms with Gasteiger partial charge in [0.15, 0.2) is 11.2 Å². The van der Waals surface area contributed by atoms with E-state index in [0.717, 1.165) is 11.3 Å².